The van der Waals surface area contributed by atoms with Gasteiger partial charge in [0.05, 0.1) is 12.4 Å². The number of hydrogen-bond acceptors (Lipinski definition) is 11. The van der Waals surface area contributed by atoms with Crippen LogP contribution in [0.4, 0.5) is 5.82 Å². The maximum atomic E-state index is 12.4. The van der Waals surface area contributed by atoms with Gasteiger partial charge in [-0.3, -0.25) is 13.9 Å². The van der Waals surface area contributed by atoms with E-state index in [1.165, 1.54) is 10.9 Å². The standard InChI is InChI=1S/C11H15N5O9P2/c12-9-6-10(14-2-13-9)16(3-15-6)5-1-4(17)8(25-5)7(18)11(26(19,20)21)27(22,23)24/h2-5,8,11,17,19-21H,1H2,(H3-,12,13,14,22,23,24)/p+1/t4-,5+,8-,11?/m0/s1. The molecule has 2 aromatic heterocycles. The molecule has 1 unspecified atom stereocenters. The molecule has 8 N–H and O–H groups in total. The first kappa shape index (κ1) is 20.1. The number of carbonyl (C=O) groups excluding carboxylic acids is 1. The number of fused-ring (bicyclic) bond motifs is 1. The van der Waals surface area contributed by atoms with E-state index in [2.05, 4.69) is 15.0 Å². The van der Waals surface area contributed by atoms with Gasteiger partial charge in [0.2, 0.25) is 5.78 Å². The van der Waals surface area contributed by atoms with Crippen LogP contribution in [0, 0.1) is 0 Å². The van der Waals surface area contributed by atoms with Crippen molar-refractivity contribution in [1.82, 2.24) is 19.5 Å². The molecule has 14 nitrogen and oxygen atoms in total. The van der Waals surface area contributed by atoms with Crippen LogP contribution in [0.2, 0.25) is 0 Å². The van der Waals surface area contributed by atoms with Crippen LogP contribution >= 0.6 is 15.5 Å². The predicted molar refractivity (Wildman–Crippen MR) is 88.7 cm³/mol. The highest BCUT2D eigenvalue weighted by atomic mass is 31.3. The van der Waals surface area contributed by atoms with Gasteiger partial charge in [0.25, 0.3) is 0 Å². The molecule has 3 heterocycles. The third kappa shape index (κ3) is 3.72. The quantitative estimate of drug-likeness (QED) is 0.254. The average molecular weight is 424 g/mol. The van der Waals surface area contributed by atoms with Crippen LogP contribution in [0.5, 0.6) is 0 Å². The summed E-state index contributed by atoms with van der Waals surface area (Å²) >= 11 is 0. The van der Waals surface area contributed by atoms with E-state index < -0.39 is 45.2 Å². The first-order chi connectivity index (χ1) is 12.4. The summed E-state index contributed by atoms with van der Waals surface area (Å²) in [4.78, 5) is 70.4. The van der Waals surface area contributed by atoms with E-state index in [1.807, 2.05) is 0 Å². The number of aromatic nitrogens is 4. The number of aliphatic hydroxyl groups is 1. The lowest BCUT2D eigenvalue weighted by Crippen LogP contribution is -2.39. The number of Topliss-reactive ketones (excluding diaryl/α,β-unsaturated/α-hetero) is 1. The Morgan fingerprint density at radius 2 is 2.00 bits per heavy atom. The molecule has 0 spiro atoms. The van der Waals surface area contributed by atoms with Gasteiger partial charge < -0.3 is 25.4 Å². The lowest BCUT2D eigenvalue weighted by molar-refractivity contribution is -0.134. The van der Waals surface area contributed by atoms with E-state index in [0.717, 1.165) is 6.33 Å². The van der Waals surface area contributed by atoms with Gasteiger partial charge in [0.1, 0.15) is 24.2 Å². The second kappa shape index (κ2) is 6.78. The van der Waals surface area contributed by atoms with Crippen molar-refractivity contribution in [1.29, 1.82) is 0 Å². The highest BCUT2D eigenvalue weighted by Gasteiger charge is 2.62. The van der Waals surface area contributed by atoms with Gasteiger partial charge in [0.15, 0.2) is 11.5 Å². The smallest absolute Gasteiger partial charge is 0.390 e. The molecule has 0 aliphatic carbocycles. The number of nitrogens with two attached hydrogens (primary N) is 1. The lowest BCUT2D eigenvalue weighted by atomic mass is 10.1. The van der Waals surface area contributed by atoms with Gasteiger partial charge in [-0.25, -0.2) is 15.0 Å². The Morgan fingerprint density at radius 1 is 1.33 bits per heavy atom. The summed E-state index contributed by atoms with van der Waals surface area (Å²) in [7, 11) is -10.7. The zero-order valence-corrected chi connectivity index (χ0v) is 15.1. The molecule has 0 bridgehead atoms. The van der Waals surface area contributed by atoms with Crippen molar-refractivity contribution in [3.8, 4) is 0 Å². The number of hydrogen-bond donors (Lipinski definition) is 7. The van der Waals surface area contributed by atoms with Gasteiger partial charge in [-0.05, 0) is 0 Å². The summed E-state index contributed by atoms with van der Waals surface area (Å²) in [5.74, 6) is -1.44. The summed E-state index contributed by atoms with van der Waals surface area (Å²) in [6.07, 6.45) is -2.16. The SMILES string of the molecule is Nc1ncnc2c1ncn2[C@H]1C[C@H](O)[C@@H](C(=O)C(P(=O)(O)O)[P+](O)(O)O)O1. The van der Waals surface area contributed by atoms with Crippen LogP contribution < -0.4 is 5.73 Å². The monoisotopic (exact) mass is 424 g/mol. The van der Waals surface area contributed by atoms with Crippen LogP contribution in [0.3, 0.4) is 0 Å². The number of ketones is 1. The third-order valence-corrected chi connectivity index (χ3v) is 7.61. The summed E-state index contributed by atoms with van der Waals surface area (Å²) < 4.78 is 18.1. The van der Waals surface area contributed by atoms with E-state index in [-0.39, 0.29) is 23.4 Å². The molecule has 0 saturated carbocycles. The van der Waals surface area contributed by atoms with Crippen molar-refractivity contribution in [3.05, 3.63) is 12.7 Å². The molecule has 148 valence electrons. The minimum atomic E-state index is -5.46. The van der Waals surface area contributed by atoms with Gasteiger partial charge in [-0.1, -0.05) is 0 Å². The largest absolute Gasteiger partial charge is 0.427 e. The van der Waals surface area contributed by atoms with Crippen molar-refractivity contribution in [3.63, 3.8) is 0 Å². The van der Waals surface area contributed by atoms with E-state index in [1.54, 1.807) is 0 Å². The third-order valence-electron chi connectivity index (χ3n) is 3.98. The Balaban J connectivity index is 1.91. The van der Waals surface area contributed by atoms with Crippen molar-refractivity contribution in [2.75, 3.05) is 5.73 Å². The normalized spacial score (nSPS) is 25.0. The molecule has 0 aromatic carbocycles. The number of nitrogen functional groups attached to an aromatic ring is 1. The summed E-state index contributed by atoms with van der Waals surface area (Å²) in [6, 6.07) is 0. The molecule has 2 aromatic rings. The zero-order chi connectivity index (χ0) is 20.1. The molecule has 3 rings (SSSR count). The highest BCUT2D eigenvalue weighted by molar-refractivity contribution is 7.76. The number of aliphatic hydroxyl groups excluding tert-OH is 1. The molecule has 1 saturated heterocycles. The zero-order valence-electron chi connectivity index (χ0n) is 13.3. The van der Waals surface area contributed by atoms with Crippen LogP contribution in [-0.4, -0.2) is 72.5 Å². The van der Waals surface area contributed by atoms with Crippen molar-refractivity contribution >= 4 is 38.3 Å². The Morgan fingerprint density at radius 3 is 2.59 bits per heavy atom. The molecule has 27 heavy (non-hydrogen) atoms. The van der Waals surface area contributed by atoms with E-state index in [0.29, 0.717) is 0 Å². The minimum Gasteiger partial charge on any atom is -0.390 e. The number of imidazole rings is 1. The molecular weight excluding hydrogens is 408 g/mol. The Labute approximate surface area is 151 Å². The summed E-state index contributed by atoms with van der Waals surface area (Å²) in [5, 5.41) is 7.29. The first-order valence-corrected chi connectivity index (χ1v) is 10.7. The molecule has 1 aliphatic heterocycles. The molecule has 16 heteroatoms. The fourth-order valence-corrected chi connectivity index (χ4v) is 5.43. The highest BCUT2D eigenvalue weighted by Crippen LogP contribution is 2.65. The number of anilines is 1. The molecule has 0 amide bonds. The van der Waals surface area contributed by atoms with Crippen LogP contribution in [0.15, 0.2) is 12.7 Å². The fraction of sp³-hybridized carbons (Fsp3) is 0.455. The van der Waals surface area contributed by atoms with Crippen molar-refractivity contribution in [2.45, 2.75) is 30.3 Å². The number of ether oxygens (including phenoxy) is 1. The maximum Gasteiger partial charge on any atom is 0.427 e. The topological polar surface area (TPSA) is 234 Å². The van der Waals surface area contributed by atoms with Gasteiger partial charge in [0, 0.05) is 6.42 Å². The van der Waals surface area contributed by atoms with Crippen LogP contribution in [0.25, 0.3) is 11.2 Å². The number of carbonyl (C=O) groups is 1. The summed E-state index contributed by atoms with van der Waals surface area (Å²) in [5.41, 5.74) is 6.14. The fourth-order valence-electron chi connectivity index (χ4n) is 2.85. The molecule has 4 atom stereocenters. The molecule has 1 aliphatic rings. The lowest BCUT2D eigenvalue weighted by Gasteiger charge is -2.21. The van der Waals surface area contributed by atoms with E-state index in [9.17, 15) is 38.9 Å². The molecule has 1 fully saturated rings. The minimum absolute atomic E-state index is 0.0851. The second-order valence-corrected chi connectivity index (χ2v) is 9.73. The van der Waals surface area contributed by atoms with Gasteiger partial charge in [-0.2, -0.15) is 14.7 Å². The first-order valence-electron chi connectivity index (χ1n) is 7.33. The van der Waals surface area contributed by atoms with Crippen LogP contribution in [-0.2, 0) is 14.1 Å². The Kier molecular flexibility index (Phi) is 5.06. The van der Waals surface area contributed by atoms with Crippen molar-refractivity contribution < 1.29 is 43.7 Å². The number of rotatable bonds is 5. The summed E-state index contributed by atoms with van der Waals surface area (Å²) in [6.45, 7) is 0. The van der Waals surface area contributed by atoms with Crippen LogP contribution in [0.1, 0.15) is 12.6 Å². The molecule has 0 radical (unpaired) electrons. The molecular formula is C11H16N5O9P2+. The van der Waals surface area contributed by atoms with Gasteiger partial charge >= 0.3 is 20.9 Å². The van der Waals surface area contributed by atoms with E-state index in [4.69, 9.17) is 10.5 Å². The average Bonchev–Trinajstić information content (AvgIpc) is 3.08. The maximum absolute atomic E-state index is 12.4. The number of nitrogens with zero attached hydrogens (tertiary/aromatic N) is 4. The van der Waals surface area contributed by atoms with E-state index >= 15 is 0 Å². The Bertz CT molecular complexity index is 925. The predicted octanol–water partition coefficient (Wildman–Crippen LogP) is -2.13. The Hall–Kier alpha value is -1.60. The van der Waals surface area contributed by atoms with Gasteiger partial charge in [-0.15, -0.1) is 0 Å². The second-order valence-electron chi connectivity index (χ2n) is 5.88. The van der Waals surface area contributed by atoms with Crippen molar-refractivity contribution in [2.24, 2.45) is 0 Å².